The van der Waals surface area contributed by atoms with Crippen molar-refractivity contribution >= 4 is 24.4 Å². The van der Waals surface area contributed by atoms with Crippen LogP contribution in [0.15, 0.2) is 24.2 Å². The highest BCUT2D eigenvalue weighted by molar-refractivity contribution is 6.62. The summed E-state index contributed by atoms with van der Waals surface area (Å²) in [7, 11) is -1.47. The molecule has 0 spiro atoms. The number of ether oxygens (including phenoxy) is 1. The Morgan fingerprint density at radius 3 is 2.25 bits per heavy atom. The van der Waals surface area contributed by atoms with E-state index >= 15 is 0 Å². The van der Waals surface area contributed by atoms with Crippen LogP contribution in [0.5, 0.6) is 0 Å². The number of amides is 1. The van der Waals surface area contributed by atoms with Crippen LogP contribution in [0.25, 0.3) is 0 Å². The zero-order valence-electron chi connectivity index (χ0n) is 29.1. The largest absolute Gasteiger partial charge is 0.494 e. The van der Waals surface area contributed by atoms with Gasteiger partial charge in [0.15, 0.2) is 0 Å². The second-order valence-electron chi connectivity index (χ2n) is 8.45. The molecule has 0 aliphatic carbocycles. The van der Waals surface area contributed by atoms with E-state index in [-0.39, 0.29) is 9.80 Å². The molecule has 0 aromatic heterocycles. The van der Waals surface area contributed by atoms with Crippen LogP contribution < -0.4 is 10.4 Å². The van der Waals surface area contributed by atoms with Crippen LogP contribution in [0.2, 0.25) is 0 Å². The van der Waals surface area contributed by atoms with E-state index in [4.69, 9.17) is 30.5 Å². The van der Waals surface area contributed by atoms with Gasteiger partial charge in [-0.3, -0.25) is 0 Å². The van der Waals surface area contributed by atoms with Gasteiger partial charge in [-0.25, -0.2) is 4.79 Å². The Morgan fingerprint density at radius 1 is 1.14 bits per heavy atom. The molecule has 28 heavy (non-hydrogen) atoms. The summed E-state index contributed by atoms with van der Waals surface area (Å²) < 4.78 is 120. The van der Waals surface area contributed by atoms with Crippen molar-refractivity contribution in [1.82, 2.24) is 4.90 Å². The lowest BCUT2D eigenvalue weighted by molar-refractivity contribution is 0.00578. The molecule has 0 unspecified atom stereocenters. The molecule has 154 valence electrons. The van der Waals surface area contributed by atoms with Crippen molar-refractivity contribution in [2.24, 2.45) is 0 Å². The molecule has 0 atom stereocenters. The van der Waals surface area contributed by atoms with Gasteiger partial charge in [-0.2, -0.15) is 0 Å². The van der Waals surface area contributed by atoms with Crippen LogP contribution in [0.3, 0.4) is 0 Å². The van der Waals surface area contributed by atoms with Gasteiger partial charge in [0.1, 0.15) is 5.60 Å². The predicted molar refractivity (Wildman–Crippen MR) is 112 cm³/mol. The van der Waals surface area contributed by atoms with Crippen molar-refractivity contribution in [3.05, 3.63) is 24.2 Å². The Bertz CT molecular complexity index is 1190. The second kappa shape index (κ2) is 7.27. The van der Waals surface area contributed by atoms with Crippen molar-refractivity contribution in [1.29, 1.82) is 0 Å². The highest BCUT2D eigenvalue weighted by Crippen LogP contribution is 2.36. The van der Waals surface area contributed by atoms with E-state index in [0.29, 0.717) is 0 Å². The summed E-state index contributed by atoms with van der Waals surface area (Å²) in [5.74, 6) is 0. The number of carbonyl (C=O) groups excluding carboxylic acids is 1. The maximum atomic E-state index is 13.0. The quantitative estimate of drug-likeness (QED) is 0.715. The summed E-state index contributed by atoms with van der Waals surface area (Å²) in [6.07, 6.45) is -1.67. The van der Waals surface area contributed by atoms with Gasteiger partial charge >= 0.3 is 13.2 Å². The lowest BCUT2D eigenvalue weighted by atomic mass is 9.79. The monoisotopic (exact) mass is 400 g/mol. The van der Waals surface area contributed by atoms with Crippen molar-refractivity contribution in [2.75, 3.05) is 30.9 Å². The number of piperazine rings is 1. The maximum absolute atomic E-state index is 13.0. The molecule has 2 aliphatic rings. The fourth-order valence-electron chi connectivity index (χ4n) is 2.30. The molecule has 2 fully saturated rings. The molecule has 1 aromatic rings. The molecule has 2 aliphatic heterocycles. The minimum atomic E-state index is -3.65. The van der Waals surface area contributed by atoms with Crippen molar-refractivity contribution in [3.63, 3.8) is 0 Å². The van der Waals surface area contributed by atoms with Gasteiger partial charge < -0.3 is 23.8 Å². The normalized spacial score (nSPS) is 35.2. The molecule has 0 N–H and O–H groups in total. The first-order valence-corrected chi connectivity index (χ1v) is 8.87. The number of anilines is 1. The van der Waals surface area contributed by atoms with Crippen LogP contribution in [0, 0.1) is 0 Å². The standard InChI is InChI=1S/C21H33BN2O4/c1-19(2,3)26-18(25)24-13-11-23(12-14-24)17-10-8-9-16(15-17)22-27-20(4,5)21(6,7)28-22/h8-10,15H,11-14H2,1-7H3/i8D,9D,10D,11D2,12D2,13D2,14D2,15D. The second-order valence-corrected chi connectivity index (χ2v) is 8.45. The molecule has 1 aromatic carbocycles. The molecule has 3 rings (SSSR count). The Labute approximate surface area is 186 Å². The first kappa shape index (κ1) is 10.3. The summed E-state index contributed by atoms with van der Waals surface area (Å²) in [6.45, 7) is -3.64. The van der Waals surface area contributed by atoms with E-state index in [0.717, 1.165) is 0 Å². The zero-order valence-corrected chi connectivity index (χ0v) is 17.1. The van der Waals surface area contributed by atoms with Crippen LogP contribution in [-0.4, -0.2) is 60.9 Å². The zero-order chi connectivity index (χ0) is 31.4. The van der Waals surface area contributed by atoms with Crippen molar-refractivity contribution in [3.8, 4) is 0 Å². The molecule has 0 saturated carbocycles. The average Bonchev–Trinajstić information content (AvgIpc) is 2.93. The molecule has 1 amide bonds. The molecule has 0 bridgehead atoms. The third-order valence-corrected chi connectivity index (χ3v) is 4.47. The summed E-state index contributed by atoms with van der Waals surface area (Å²) in [5.41, 5.74) is -4.69. The Hall–Kier alpha value is -1.73. The van der Waals surface area contributed by atoms with Crippen LogP contribution in [-0.2, 0) is 14.0 Å². The number of hydrogen-bond donors (Lipinski definition) is 0. The fraction of sp³-hybridized carbons (Fsp3) is 0.667. The van der Waals surface area contributed by atoms with Gasteiger partial charge in [-0.1, -0.05) is 12.1 Å². The number of benzene rings is 1. The Balaban J connectivity index is 2.34. The topological polar surface area (TPSA) is 51.2 Å². The average molecular weight is 400 g/mol. The molecule has 7 heteroatoms. The van der Waals surface area contributed by atoms with Crippen LogP contribution in [0.1, 0.15) is 64.9 Å². The lowest BCUT2D eigenvalue weighted by Crippen LogP contribution is -2.50. The van der Waals surface area contributed by atoms with Gasteiger partial charge in [0.25, 0.3) is 0 Å². The summed E-state index contributed by atoms with van der Waals surface area (Å²) in [5, 5.41) is 0. The Morgan fingerprint density at radius 2 is 1.71 bits per heavy atom. The highest BCUT2D eigenvalue weighted by atomic mass is 16.7. The molecule has 0 radical (unpaired) electrons. The number of carbonyl (C=O) groups is 1. The van der Waals surface area contributed by atoms with Crippen molar-refractivity contribution < 1.29 is 35.3 Å². The number of rotatable bonds is 2. The van der Waals surface area contributed by atoms with Crippen LogP contribution in [0.4, 0.5) is 10.5 Å². The van der Waals surface area contributed by atoms with Crippen molar-refractivity contribution in [2.45, 2.75) is 65.3 Å². The van der Waals surface area contributed by atoms with Gasteiger partial charge in [-0.15, -0.1) is 0 Å². The van der Waals surface area contributed by atoms with E-state index < -0.39 is 91.3 Å². The highest BCUT2D eigenvalue weighted by Gasteiger charge is 2.51. The van der Waals surface area contributed by atoms with Gasteiger partial charge in [0.05, 0.1) is 27.7 Å². The SMILES string of the molecule is [2H]c1c([2H])c(B2OC(C)(C)C(C)(C)O2)c([2H])c(N2C([2H])([2H])C([2H])([2H])N(C(=O)OC(C)(C)C)C([2H])([2H])C2([2H])[2H])c1[2H]. The van der Waals surface area contributed by atoms with E-state index in [9.17, 15) is 4.79 Å². The van der Waals surface area contributed by atoms with E-state index in [2.05, 4.69) is 0 Å². The first-order valence-electron chi connectivity index (χ1n) is 14.9. The fourth-order valence-corrected chi connectivity index (χ4v) is 2.30. The number of hydrogen-bond acceptors (Lipinski definition) is 5. The van der Waals surface area contributed by atoms with Gasteiger partial charge in [0, 0.05) is 31.7 Å². The van der Waals surface area contributed by atoms with Crippen LogP contribution >= 0.6 is 0 Å². The molecule has 6 nitrogen and oxygen atoms in total. The molecule has 2 heterocycles. The summed E-state index contributed by atoms with van der Waals surface area (Å²) >= 11 is 0. The Kier molecular flexibility index (Phi) is 2.69. The smallest absolute Gasteiger partial charge is 0.444 e. The first-order chi connectivity index (χ1) is 17.6. The van der Waals surface area contributed by atoms with E-state index in [1.165, 1.54) is 20.8 Å². The molecular formula is C21H33BN2O4. The summed E-state index contributed by atoms with van der Waals surface area (Å²) in [4.78, 5) is 12.6. The maximum Gasteiger partial charge on any atom is 0.494 e. The molecular weight excluding hydrogens is 355 g/mol. The third-order valence-electron chi connectivity index (χ3n) is 4.47. The third kappa shape index (κ3) is 4.46. The minimum absolute atomic E-state index is 0.0856. The van der Waals surface area contributed by atoms with E-state index in [1.807, 2.05) is 0 Å². The van der Waals surface area contributed by atoms with Gasteiger partial charge in [-0.05, 0) is 66.0 Å². The lowest BCUT2D eigenvalue weighted by Gasteiger charge is -2.37. The van der Waals surface area contributed by atoms with E-state index in [1.54, 1.807) is 27.7 Å². The number of nitrogens with zero attached hydrogens (tertiary/aromatic N) is 2. The molecule has 2 saturated heterocycles. The summed E-state index contributed by atoms with van der Waals surface area (Å²) in [6, 6.07) is -3.48. The predicted octanol–water partition coefficient (Wildman–Crippen LogP) is 3.04. The minimum Gasteiger partial charge on any atom is -0.444 e. The van der Waals surface area contributed by atoms with Gasteiger partial charge in [0.2, 0.25) is 0 Å².